The number of phenols is 1. The van der Waals surface area contributed by atoms with Gasteiger partial charge in [0.25, 0.3) is 0 Å². The minimum absolute atomic E-state index is 0.0730. The van der Waals surface area contributed by atoms with E-state index in [9.17, 15) is 78.6 Å². The highest BCUT2D eigenvalue weighted by Crippen LogP contribution is 2.29. The van der Waals surface area contributed by atoms with Crippen LogP contribution in [-0.2, 0) is 117 Å². The van der Waals surface area contributed by atoms with E-state index in [1.807, 2.05) is 0 Å². The number of carboxylic acids is 2. The van der Waals surface area contributed by atoms with E-state index in [2.05, 4.69) is 73.1 Å². The summed E-state index contributed by atoms with van der Waals surface area (Å²) in [5.74, 6) is -22.4. The first-order valence-corrected chi connectivity index (χ1v) is 46.4. The van der Waals surface area contributed by atoms with Gasteiger partial charge in [0.1, 0.15) is 90.3 Å². The van der Waals surface area contributed by atoms with Gasteiger partial charge in [0.05, 0.1) is 43.9 Å². The van der Waals surface area contributed by atoms with Crippen LogP contribution in [0, 0.1) is 0 Å². The van der Waals surface area contributed by atoms with Gasteiger partial charge in [-0.25, -0.2) is 4.98 Å². The lowest BCUT2D eigenvalue weighted by molar-refractivity contribution is -0.149. The quantitative estimate of drug-likeness (QED) is 0.0244. The standard InChI is InChI=1S/C90H119N21O25S/c1-5-7-18-67-82(128)99-58(25-27-75(119)120)78(124)106-66(77(123)96-40-73(92)117)44-137-45-74(118)98-62(30-47-21-23-51(113)24-22-47)89(135)111-42-53(115)35-71(111)85(131)104-64(36-72(91)116)88(134)109-29-13-20-68(109)83(129)102-61(33-50-39-93-46-97-50)80(126)100-59(26-28-76(121)122)87(133)110-41-52(114)34-70(110)84(130)101-60(31-48-37-94-56-16-11-9-14-54(48)56)79(125)105-65(43-112)81(127)103-63(32-49-38-95-57-17-12-10-15-55(49)57)86(132)108(4)69(19-8-6-2)90(136)107(67)3/h9-12,14-17,21-24,37-39,46,52-53,58-71,94-95,112-115H,5-8,13,18-20,25-36,40-45H2,1-4H3,(H2,91,116)(H2,92,117)(H,93,97)(H,96,123)(H,98,118)(H,99,128)(H,100,126)(H,101,130)(H,102,129)(H,103,127)(H,104,131)(H,105,125)(H,106,124)(H,119,120)(H,121,122)/t52-,53-,58+,59+,60+,61+,62+,63+,64+,65+,66+,67+,68+,69+,70+,71+/m1/s1. The molecule has 47 heteroatoms. The first-order valence-electron chi connectivity index (χ1n) is 45.2. The Labute approximate surface area is 789 Å². The summed E-state index contributed by atoms with van der Waals surface area (Å²) < 4.78 is 0. The van der Waals surface area contributed by atoms with Crippen molar-refractivity contribution < 1.29 is 122 Å². The zero-order valence-corrected chi connectivity index (χ0v) is 76.9. The van der Waals surface area contributed by atoms with Crippen molar-refractivity contribution in [3.8, 4) is 5.75 Å². The Morgan fingerprint density at radius 2 is 0.978 bits per heavy atom. The van der Waals surface area contributed by atoms with Gasteiger partial charge in [0, 0.05) is 137 Å². The summed E-state index contributed by atoms with van der Waals surface area (Å²) in [6, 6.07) is -4.84. The largest absolute Gasteiger partial charge is 0.508 e. The summed E-state index contributed by atoms with van der Waals surface area (Å²) in [6.07, 6.45) is -2.49. The number of aromatic amines is 3. The summed E-state index contributed by atoms with van der Waals surface area (Å²) in [5, 5.41) is 90.8. The molecule has 7 heterocycles. The monoisotopic (exact) mass is 1930 g/mol. The van der Waals surface area contributed by atoms with Crippen LogP contribution in [0.2, 0.25) is 0 Å². The fraction of sp³-hybridized carbons (Fsp3) is 0.511. The Hall–Kier alpha value is -14.1. The van der Waals surface area contributed by atoms with Gasteiger partial charge < -0.3 is 135 Å². The highest BCUT2D eigenvalue weighted by molar-refractivity contribution is 8.00. The van der Waals surface area contributed by atoms with Gasteiger partial charge in [-0.1, -0.05) is 88.1 Å². The number of unbranched alkanes of at least 4 members (excludes halogenated alkanes) is 2. The molecule has 4 fully saturated rings. The van der Waals surface area contributed by atoms with E-state index in [0.29, 0.717) is 63.1 Å². The molecule has 16 atom stereocenters. The minimum atomic E-state index is -1.96. The van der Waals surface area contributed by atoms with Crippen LogP contribution < -0.4 is 64.6 Å². The lowest BCUT2D eigenvalue weighted by Gasteiger charge is -2.36. The number of rotatable bonds is 26. The number of aliphatic hydroxyl groups is 3. The SMILES string of the molecule is CCCC[C@H]1C(=O)N(C)[C@@H](CCCC)C(=O)N[C@@H](CCC(=O)O)C(=O)N[C@H](C(=O)NCC(N)=O)CSCC(=O)N[C@@H](Cc2ccc(O)cc2)C(=O)N2C[C@H](O)C[C@H]2C(=O)N[C@@H](CC(N)=O)C(=O)N2CCC[C@H]2C(=O)N[C@@H](Cc2cnc[nH]2)C(=O)N[C@@H](CCC(=O)O)C(=O)N2C[C@H](O)C[C@H]2C(=O)N[C@@H](Cc2c[nH]c3ccccc23)C(=O)N[C@@H](CO)C(=O)N[C@@H](Cc2c[nH]c3ccccc23)C(=O)N1C. The number of nitrogens with zero attached hydrogens (tertiary/aromatic N) is 6. The molecule has 3 aromatic carbocycles. The molecule has 23 N–H and O–H groups in total. The zero-order chi connectivity index (χ0) is 99.6. The molecular formula is C90H119N21O25S. The second-order valence-corrected chi connectivity index (χ2v) is 35.5. The van der Waals surface area contributed by atoms with Crippen LogP contribution in [0.5, 0.6) is 5.75 Å². The van der Waals surface area contributed by atoms with Crippen LogP contribution >= 0.6 is 11.8 Å². The number of primary amides is 2. The lowest BCUT2D eigenvalue weighted by atomic mass is 10.00. The molecular weight excluding hydrogens is 1810 g/mol. The number of nitrogens with two attached hydrogens (primary N) is 2. The van der Waals surface area contributed by atoms with E-state index in [1.165, 1.54) is 57.1 Å². The fourth-order valence-electron chi connectivity index (χ4n) is 17.2. The van der Waals surface area contributed by atoms with Crippen LogP contribution in [0.4, 0.5) is 0 Å². The number of H-pyrrole nitrogens is 3. The first kappa shape index (κ1) is 105. The van der Waals surface area contributed by atoms with Crippen LogP contribution in [0.3, 0.4) is 0 Å². The van der Waals surface area contributed by atoms with Crippen molar-refractivity contribution in [2.24, 2.45) is 11.5 Å². The second-order valence-electron chi connectivity index (χ2n) is 34.5. The highest BCUT2D eigenvalue weighted by Gasteiger charge is 2.48. The molecule has 3 aromatic heterocycles. The number of fused-ring (bicyclic) bond motifs is 5. The molecule has 0 unspecified atom stereocenters. The summed E-state index contributed by atoms with van der Waals surface area (Å²) >= 11 is 0.670. The molecule has 4 saturated heterocycles. The maximum atomic E-state index is 15.7. The molecule has 17 amide bonds. The van der Waals surface area contributed by atoms with E-state index < -0.39 is 298 Å². The molecule has 0 bridgehead atoms. The Balaban J connectivity index is 1.03. The van der Waals surface area contributed by atoms with E-state index in [4.69, 9.17) is 11.5 Å². The third-order valence-corrected chi connectivity index (χ3v) is 25.5. The molecule has 46 nitrogen and oxygen atoms in total. The number of hydrogen-bond acceptors (Lipinski definition) is 25. The van der Waals surface area contributed by atoms with Crippen molar-refractivity contribution >= 4 is 146 Å². The number of aliphatic hydroxyl groups excluding tert-OH is 3. The Bertz CT molecular complexity index is 5390. The predicted octanol–water partition coefficient (Wildman–Crippen LogP) is -4.39. The van der Waals surface area contributed by atoms with Crippen molar-refractivity contribution in [1.29, 1.82) is 0 Å². The second kappa shape index (κ2) is 49.4. The van der Waals surface area contributed by atoms with Gasteiger partial charge >= 0.3 is 11.9 Å². The van der Waals surface area contributed by atoms with Crippen LogP contribution in [0.1, 0.15) is 133 Å². The van der Waals surface area contributed by atoms with Gasteiger partial charge in [-0.05, 0) is 79.5 Å². The molecule has 0 saturated carbocycles. The zero-order valence-electron chi connectivity index (χ0n) is 76.0. The van der Waals surface area contributed by atoms with Gasteiger partial charge in [0.15, 0.2) is 0 Å². The van der Waals surface area contributed by atoms with E-state index >= 15 is 43.2 Å². The number of aromatic nitrogens is 4. The number of benzene rings is 3. The number of aromatic hydroxyl groups is 1. The molecule has 137 heavy (non-hydrogen) atoms. The number of likely N-dealkylation sites (N-methyl/N-ethyl adjacent to an activating group) is 2. The molecule has 740 valence electrons. The Morgan fingerprint density at radius 1 is 0.496 bits per heavy atom. The average molecular weight is 1930 g/mol. The van der Waals surface area contributed by atoms with E-state index in [-0.39, 0.29) is 75.8 Å². The van der Waals surface area contributed by atoms with Crippen molar-refractivity contribution in [3.63, 3.8) is 0 Å². The molecule has 0 aliphatic carbocycles. The Morgan fingerprint density at radius 3 is 1.53 bits per heavy atom. The third kappa shape index (κ3) is 28.5. The molecule has 4 aliphatic heterocycles. The predicted molar refractivity (Wildman–Crippen MR) is 489 cm³/mol. The highest BCUT2D eigenvalue weighted by atomic mass is 32.2. The van der Waals surface area contributed by atoms with Gasteiger partial charge in [-0.15, -0.1) is 11.8 Å². The molecule has 6 aromatic rings. The number of amides is 17. The van der Waals surface area contributed by atoms with Crippen LogP contribution in [-0.4, -0.2) is 343 Å². The fourth-order valence-corrected chi connectivity index (χ4v) is 18.1. The van der Waals surface area contributed by atoms with E-state index in [0.717, 1.165) is 24.5 Å². The molecule has 10 rings (SSSR count). The van der Waals surface area contributed by atoms with Crippen molar-refractivity contribution in [1.82, 2.24) is 97.6 Å². The summed E-state index contributed by atoms with van der Waals surface area (Å²) in [5.41, 5.74) is 13.7. The molecule has 4 aliphatic rings. The normalized spacial score (nSPS) is 25.5. The van der Waals surface area contributed by atoms with E-state index in [1.54, 1.807) is 68.6 Å². The van der Waals surface area contributed by atoms with Gasteiger partial charge in [0.2, 0.25) is 100 Å². The lowest BCUT2D eigenvalue weighted by Crippen LogP contribution is -2.62. The van der Waals surface area contributed by atoms with Crippen LogP contribution in [0.25, 0.3) is 21.8 Å². The number of carbonyl (C=O) groups excluding carboxylic acids is 17. The topological polar surface area (TPSA) is 695 Å². The third-order valence-electron chi connectivity index (χ3n) is 24.5. The number of phenolic OH excluding ortho intramolecular Hbond substituents is 1. The number of hydrogen-bond donors (Lipinski definition) is 21. The van der Waals surface area contributed by atoms with Crippen molar-refractivity contribution in [2.75, 3.05) is 58.4 Å². The van der Waals surface area contributed by atoms with Crippen molar-refractivity contribution in [3.05, 3.63) is 120 Å². The number of imidazole rings is 1. The summed E-state index contributed by atoms with van der Waals surface area (Å²) in [6.45, 7) is 0.208. The summed E-state index contributed by atoms with van der Waals surface area (Å²) in [4.78, 5) is 293. The Kier molecular flexibility index (Phi) is 37.9. The maximum absolute atomic E-state index is 15.7. The summed E-state index contributed by atoms with van der Waals surface area (Å²) in [7, 11) is 2.55. The first-order chi connectivity index (χ1) is 65.3. The minimum Gasteiger partial charge on any atom is -0.508 e. The molecule has 0 spiro atoms. The maximum Gasteiger partial charge on any atom is 0.303 e. The molecule has 0 radical (unpaired) electrons. The number of nitrogens with one attached hydrogen (secondary N) is 13. The van der Waals surface area contributed by atoms with Gasteiger partial charge in [-0.2, -0.15) is 0 Å². The average Bonchev–Trinajstić information content (AvgIpc) is 1.72. The number of carbonyl (C=O) groups is 19. The van der Waals surface area contributed by atoms with Crippen LogP contribution in [0.15, 0.2) is 97.7 Å². The number of para-hydroxylation sites is 2. The number of aliphatic carboxylic acids is 2. The number of thioether (sulfide) groups is 1. The smallest absolute Gasteiger partial charge is 0.303 e. The van der Waals surface area contributed by atoms with Gasteiger partial charge in [-0.3, -0.25) is 91.1 Å². The number of carboxylic acid groups (broad SMARTS) is 2. The van der Waals surface area contributed by atoms with Crippen molar-refractivity contribution in [2.45, 2.75) is 233 Å².